The number of nitrogens with zero attached hydrogens (tertiary/aromatic N) is 3. The smallest absolute Gasteiger partial charge is 0.249 e. The summed E-state index contributed by atoms with van der Waals surface area (Å²) < 4.78 is 53.1. The van der Waals surface area contributed by atoms with Crippen LogP contribution in [0.15, 0.2) is 94.0 Å². The molecule has 1 aliphatic rings. The number of hydrogen-bond donors (Lipinski definition) is 1. The number of fused-ring (bicyclic) bond motifs is 1. The Morgan fingerprint density at radius 3 is 2.53 bits per heavy atom. The van der Waals surface area contributed by atoms with E-state index in [1.54, 1.807) is 36.7 Å². The average Bonchev–Trinajstić information content (AvgIpc) is 3.34. The predicted molar refractivity (Wildman–Crippen MR) is 127 cm³/mol. The van der Waals surface area contributed by atoms with E-state index >= 15 is 0 Å². The van der Waals surface area contributed by atoms with Crippen molar-refractivity contribution >= 4 is 21.8 Å². The van der Waals surface area contributed by atoms with Crippen LogP contribution < -0.4 is 15.9 Å². The number of rotatable bonds is 6. The van der Waals surface area contributed by atoms with E-state index < -0.39 is 27.5 Å². The summed E-state index contributed by atoms with van der Waals surface area (Å²) in [5.74, 6) is -2.33. The molecule has 4 aromatic rings. The highest BCUT2D eigenvalue weighted by Crippen LogP contribution is 2.24. The number of carbonyl (C=O) groups excluding carboxylic acids is 1. The fourth-order valence-electron chi connectivity index (χ4n) is 3.72. The van der Waals surface area contributed by atoms with Gasteiger partial charge < -0.3 is 5.32 Å². The van der Waals surface area contributed by atoms with Crippen LogP contribution >= 0.6 is 0 Å². The van der Waals surface area contributed by atoms with Gasteiger partial charge in [0, 0.05) is 29.7 Å². The molecular weight excluding hydrogens is 486 g/mol. The molecule has 1 amide bonds. The maximum Gasteiger partial charge on any atom is 0.249 e. The predicted octanol–water partition coefficient (Wildman–Crippen LogP) is 2.35. The van der Waals surface area contributed by atoms with Crippen LogP contribution in [0.25, 0.3) is 17.3 Å². The number of benzene rings is 2. The lowest BCUT2D eigenvalue weighted by atomic mass is 10.1. The van der Waals surface area contributed by atoms with Crippen LogP contribution in [-0.4, -0.2) is 30.3 Å². The molecule has 1 atom stereocenters. The van der Waals surface area contributed by atoms with Crippen LogP contribution in [0.3, 0.4) is 0 Å². The van der Waals surface area contributed by atoms with Crippen molar-refractivity contribution < 1.29 is 22.0 Å². The van der Waals surface area contributed by atoms with Crippen molar-refractivity contribution in [3.8, 4) is 11.3 Å². The summed E-state index contributed by atoms with van der Waals surface area (Å²) in [5.41, 5.74) is 1.15. The maximum atomic E-state index is 13.6. The average molecular weight is 505 g/mol. The molecule has 0 aliphatic carbocycles. The lowest BCUT2D eigenvalue weighted by molar-refractivity contribution is -0.121. The number of pyridine rings is 2. The minimum atomic E-state index is -3.97. The first-order valence-electron chi connectivity index (χ1n) is 10.9. The minimum absolute atomic E-state index is 0.00888. The van der Waals surface area contributed by atoms with Gasteiger partial charge in [0.05, 0.1) is 15.9 Å². The van der Waals surface area contributed by atoms with Crippen molar-refractivity contribution in [1.29, 1.82) is 0 Å². The lowest BCUT2D eigenvalue weighted by Crippen LogP contribution is -2.31. The summed E-state index contributed by atoms with van der Waals surface area (Å²) in [4.78, 5) is 25.0. The Morgan fingerprint density at radius 1 is 0.972 bits per heavy atom. The van der Waals surface area contributed by atoms with Crippen LogP contribution in [0.4, 0.5) is 8.78 Å². The van der Waals surface area contributed by atoms with Crippen LogP contribution in [0.2, 0.25) is 0 Å². The Hall–Kier alpha value is -4.31. The highest BCUT2D eigenvalue weighted by molar-refractivity contribution is 7.91. The second-order valence-electron chi connectivity index (χ2n) is 8.03. The van der Waals surface area contributed by atoms with Gasteiger partial charge in [-0.1, -0.05) is 18.2 Å². The number of nitrogens with one attached hydrogen (secondary N) is 1. The lowest BCUT2D eigenvalue weighted by Gasteiger charge is -2.09. The second-order valence-corrected chi connectivity index (χ2v) is 9.93. The standard InChI is InChI=1S/C26H18F2N4O3S/c27-20-9-6-17(12-21(20)28)22-2-1-3-25(32-22)36(34,35)19-7-4-16(5-8-19)14-30-26(33)24-13-18-15-29-11-10-23(18)31-24/h1-13,15,24H,14H2,(H,30,33). The van der Waals surface area contributed by atoms with Crippen molar-refractivity contribution in [2.24, 2.45) is 4.99 Å². The maximum absolute atomic E-state index is 13.6. The first-order valence-corrected chi connectivity index (χ1v) is 12.3. The Balaban J connectivity index is 1.29. The molecule has 7 nitrogen and oxygen atoms in total. The minimum Gasteiger partial charge on any atom is -0.350 e. The Morgan fingerprint density at radius 2 is 1.78 bits per heavy atom. The zero-order chi connectivity index (χ0) is 25.3. The van der Waals surface area contributed by atoms with E-state index in [9.17, 15) is 22.0 Å². The second kappa shape index (κ2) is 9.38. The van der Waals surface area contributed by atoms with Crippen molar-refractivity contribution in [2.45, 2.75) is 22.5 Å². The van der Waals surface area contributed by atoms with E-state index in [0.717, 1.165) is 17.4 Å². The highest BCUT2D eigenvalue weighted by Gasteiger charge is 2.21. The van der Waals surface area contributed by atoms with Gasteiger partial charge in [0.25, 0.3) is 0 Å². The molecule has 0 spiro atoms. The summed E-state index contributed by atoms with van der Waals surface area (Å²) in [5, 5.41) is 4.08. The molecule has 0 fully saturated rings. The number of carbonyl (C=O) groups is 1. The monoisotopic (exact) mass is 504 g/mol. The molecule has 2 aromatic carbocycles. The van der Waals surface area contributed by atoms with Crippen molar-refractivity contribution in [2.75, 3.05) is 0 Å². The van der Waals surface area contributed by atoms with Gasteiger partial charge in [0.2, 0.25) is 15.7 Å². The van der Waals surface area contributed by atoms with Crippen molar-refractivity contribution in [3.63, 3.8) is 0 Å². The summed E-state index contributed by atoms with van der Waals surface area (Å²) in [7, 11) is -3.97. The topological polar surface area (TPSA) is 101 Å². The molecule has 1 N–H and O–H groups in total. The molecular formula is C26H18F2N4O3S. The highest BCUT2D eigenvalue weighted by atomic mass is 32.2. The number of aromatic nitrogens is 2. The Bertz CT molecular complexity index is 1670. The molecule has 10 heteroatoms. The van der Waals surface area contributed by atoms with Crippen LogP contribution in [0.1, 0.15) is 5.56 Å². The van der Waals surface area contributed by atoms with E-state index in [1.165, 1.54) is 36.4 Å². The Kier molecular flexibility index (Phi) is 6.11. The SMILES string of the molecule is O=C(NCc1ccc(S(=O)(=O)c2cccc(-c3ccc(F)c(F)c3)n2)cc1)C1C=c2cnccc2=N1. The molecule has 180 valence electrons. The molecule has 1 aliphatic heterocycles. The van der Waals surface area contributed by atoms with Crippen LogP contribution in [-0.2, 0) is 21.2 Å². The molecule has 36 heavy (non-hydrogen) atoms. The molecule has 3 heterocycles. The quantitative estimate of drug-likeness (QED) is 0.435. The van der Waals surface area contributed by atoms with Gasteiger partial charge in [-0.15, -0.1) is 0 Å². The van der Waals surface area contributed by atoms with Crippen molar-refractivity contribution in [1.82, 2.24) is 15.3 Å². The molecule has 0 bridgehead atoms. The molecule has 5 rings (SSSR count). The molecule has 1 unspecified atom stereocenters. The van der Waals surface area contributed by atoms with Gasteiger partial charge in [-0.05, 0) is 60.2 Å². The number of sulfone groups is 1. The van der Waals surface area contributed by atoms with Crippen LogP contribution in [0, 0.1) is 11.6 Å². The van der Waals surface area contributed by atoms with Crippen LogP contribution in [0.5, 0.6) is 0 Å². The molecule has 0 radical (unpaired) electrons. The third-order valence-corrected chi connectivity index (χ3v) is 7.30. The summed E-state index contributed by atoms with van der Waals surface area (Å²) in [6, 6.07) is 14.7. The zero-order valence-corrected chi connectivity index (χ0v) is 19.4. The number of hydrogen-bond acceptors (Lipinski definition) is 6. The third kappa shape index (κ3) is 4.63. The summed E-state index contributed by atoms with van der Waals surface area (Å²) >= 11 is 0. The fraction of sp³-hybridized carbons (Fsp3) is 0.0769. The van der Waals surface area contributed by atoms with E-state index in [2.05, 4.69) is 20.3 Å². The van der Waals surface area contributed by atoms with Gasteiger partial charge in [-0.2, -0.15) is 0 Å². The van der Waals surface area contributed by atoms with Crippen molar-refractivity contribution in [3.05, 3.63) is 107 Å². The van der Waals surface area contributed by atoms with Gasteiger partial charge in [0.15, 0.2) is 16.7 Å². The fourth-order valence-corrected chi connectivity index (χ4v) is 4.93. The van der Waals surface area contributed by atoms with Gasteiger partial charge >= 0.3 is 0 Å². The Labute approximate surface area is 204 Å². The van der Waals surface area contributed by atoms with E-state index in [1.807, 2.05) is 0 Å². The zero-order valence-electron chi connectivity index (χ0n) is 18.6. The molecule has 0 saturated carbocycles. The largest absolute Gasteiger partial charge is 0.350 e. The number of halogens is 2. The third-order valence-electron chi connectivity index (χ3n) is 5.63. The van der Waals surface area contributed by atoms with Gasteiger partial charge in [-0.3, -0.25) is 14.8 Å². The summed E-state index contributed by atoms with van der Waals surface area (Å²) in [6.45, 7) is 0.192. The normalized spacial score (nSPS) is 14.4. The van der Waals surface area contributed by atoms with E-state index in [4.69, 9.17) is 0 Å². The van der Waals surface area contributed by atoms with E-state index in [-0.39, 0.29) is 33.6 Å². The first-order chi connectivity index (χ1) is 17.3. The number of amides is 1. The molecule has 0 saturated heterocycles. The summed E-state index contributed by atoms with van der Waals surface area (Å²) in [6.07, 6.45) is 4.99. The van der Waals surface area contributed by atoms with E-state index in [0.29, 0.717) is 10.9 Å². The van der Waals surface area contributed by atoms with Gasteiger partial charge in [-0.25, -0.2) is 22.2 Å². The molecule has 2 aromatic heterocycles. The first kappa shape index (κ1) is 23.4. The van der Waals surface area contributed by atoms with Gasteiger partial charge in [0.1, 0.15) is 6.04 Å².